The first-order valence-electron chi connectivity index (χ1n) is 8.61. The van der Waals surface area contributed by atoms with Gasteiger partial charge in [-0.2, -0.15) is 0 Å². The van der Waals surface area contributed by atoms with E-state index in [9.17, 15) is 12.8 Å². The van der Waals surface area contributed by atoms with E-state index in [4.69, 9.17) is 0 Å². The molecule has 1 aromatic rings. The van der Waals surface area contributed by atoms with Gasteiger partial charge in [0.2, 0.25) is 0 Å². The summed E-state index contributed by atoms with van der Waals surface area (Å²) >= 11 is 0. The van der Waals surface area contributed by atoms with Crippen LogP contribution in [-0.2, 0) is 9.84 Å². The fourth-order valence-corrected chi connectivity index (χ4v) is 3.46. The van der Waals surface area contributed by atoms with Crippen LogP contribution in [-0.4, -0.2) is 70.6 Å². The predicted molar refractivity (Wildman–Crippen MR) is 100 cm³/mol. The van der Waals surface area contributed by atoms with Crippen LogP contribution >= 0.6 is 0 Å². The van der Waals surface area contributed by atoms with Crippen molar-refractivity contribution in [1.29, 1.82) is 0 Å². The highest BCUT2D eigenvalue weighted by Gasteiger charge is 2.21. The number of piperazine rings is 1. The molecule has 1 heterocycles. The number of hydrogen-bond acceptors (Lipinski definition) is 4. The zero-order chi connectivity index (χ0) is 18.3. The minimum absolute atomic E-state index is 0.150. The number of sulfone groups is 1. The smallest absolute Gasteiger partial charge is 0.194 e. The Bertz CT molecular complexity index is 686. The van der Waals surface area contributed by atoms with Gasteiger partial charge in [0.05, 0.1) is 11.4 Å². The molecule has 0 bridgehead atoms. The van der Waals surface area contributed by atoms with Gasteiger partial charge in [0.1, 0.15) is 15.7 Å². The number of halogens is 1. The van der Waals surface area contributed by atoms with E-state index >= 15 is 0 Å². The summed E-state index contributed by atoms with van der Waals surface area (Å²) < 4.78 is 36.3. The first-order chi connectivity index (χ1) is 11.9. The van der Waals surface area contributed by atoms with E-state index in [1.165, 1.54) is 12.3 Å². The molecular weight excluding hydrogens is 343 g/mol. The van der Waals surface area contributed by atoms with Crippen molar-refractivity contribution in [3.8, 4) is 0 Å². The van der Waals surface area contributed by atoms with Crippen LogP contribution in [0.4, 0.5) is 10.1 Å². The van der Waals surface area contributed by atoms with Crippen LogP contribution in [0.15, 0.2) is 29.3 Å². The van der Waals surface area contributed by atoms with Crippen molar-refractivity contribution >= 4 is 21.5 Å². The number of nitrogens with one attached hydrogen (secondary N) is 1. The molecule has 8 heteroatoms. The second-order valence-electron chi connectivity index (χ2n) is 6.14. The lowest BCUT2D eigenvalue weighted by Crippen LogP contribution is -2.52. The molecule has 140 valence electrons. The average Bonchev–Trinajstić information content (AvgIpc) is 2.57. The number of aliphatic imine (C=N–C) groups is 1. The highest BCUT2D eigenvalue weighted by atomic mass is 32.2. The standard InChI is InChI=1S/C17H27FN4O2S/c1-3-19-17(20-9-6-14-25(2,23)24)22-12-10-21(11-13-22)16-8-5-4-7-15(16)18/h4-5,7-8H,3,6,9-14H2,1-2H3,(H,19,20). The van der Waals surface area contributed by atoms with Crippen molar-refractivity contribution in [2.75, 3.05) is 56.2 Å². The van der Waals surface area contributed by atoms with Crippen molar-refractivity contribution in [3.63, 3.8) is 0 Å². The van der Waals surface area contributed by atoms with Crippen LogP contribution in [0.5, 0.6) is 0 Å². The zero-order valence-corrected chi connectivity index (χ0v) is 15.7. The first-order valence-corrected chi connectivity index (χ1v) is 10.7. The minimum Gasteiger partial charge on any atom is -0.366 e. The molecule has 1 fully saturated rings. The summed E-state index contributed by atoms with van der Waals surface area (Å²) in [6.07, 6.45) is 1.76. The van der Waals surface area contributed by atoms with Gasteiger partial charge in [0.25, 0.3) is 0 Å². The molecule has 0 spiro atoms. The van der Waals surface area contributed by atoms with Gasteiger partial charge in [-0.05, 0) is 25.5 Å². The summed E-state index contributed by atoms with van der Waals surface area (Å²) in [7, 11) is -2.95. The number of para-hydroxylation sites is 1. The van der Waals surface area contributed by atoms with Crippen LogP contribution in [0.3, 0.4) is 0 Å². The summed E-state index contributed by atoms with van der Waals surface area (Å²) in [5.74, 6) is 0.748. The van der Waals surface area contributed by atoms with Gasteiger partial charge < -0.3 is 15.1 Å². The SMILES string of the molecule is CCNC(=NCCCS(C)(=O)=O)N1CCN(c2ccccc2F)CC1. The number of benzene rings is 1. The summed E-state index contributed by atoms with van der Waals surface area (Å²) in [4.78, 5) is 8.71. The summed E-state index contributed by atoms with van der Waals surface area (Å²) in [5, 5.41) is 3.25. The molecule has 1 saturated heterocycles. The summed E-state index contributed by atoms with van der Waals surface area (Å²) in [6, 6.07) is 6.82. The fourth-order valence-electron chi connectivity index (χ4n) is 2.80. The Morgan fingerprint density at radius 3 is 2.52 bits per heavy atom. The van der Waals surface area contributed by atoms with Crippen molar-refractivity contribution in [3.05, 3.63) is 30.1 Å². The van der Waals surface area contributed by atoms with E-state index in [1.54, 1.807) is 12.1 Å². The van der Waals surface area contributed by atoms with Gasteiger partial charge >= 0.3 is 0 Å². The van der Waals surface area contributed by atoms with E-state index in [-0.39, 0.29) is 11.6 Å². The Morgan fingerprint density at radius 1 is 1.24 bits per heavy atom. The van der Waals surface area contributed by atoms with Gasteiger partial charge in [-0.15, -0.1) is 0 Å². The lowest BCUT2D eigenvalue weighted by atomic mass is 10.2. The molecule has 1 N–H and O–H groups in total. The van der Waals surface area contributed by atoms with Crippen LogP contribution in [0.1, 0.15) is 13.3 Å². The molecule has 25 heavy (non-hydrogen) atoms. The number of hydrogen-bond donors (Lipinski definition) is 1. The second-order valence-corrected chi connectivity index (χ2v) is 8.40. The van der Waals surface area contributed by atoms with Gasteiger partial charge in [-0.3, -0.25) is 4.99 Å². The molecule has 1 aliphatic rings. The highest BCUT2D eigenvalue weighted by Crippen LogP contribution is 2.20. The van der Waals surface area contributed by atoms with Crippen LogP contribution in [0.2, 0.25) is 0 Å². The van der Waals surface area contributed by atoms with Gasteiger partial charge in [0.15, 0.2) is 5.96 Å². The van der Waals surface area contributed by atoms with Gasteiger partial charge in [0, 0.05) is 45.5 Å². The lowest BCUT2D eigenvalue weighted by molar-refractivity contribution is 0.371. The van der Waals surface area contributed by atoms with Gasteiger partial charge in [-0.1, -0.05) is 12.1 Å². The van der Waals surface area contributed by atoms with Crippen LogP contribution < -0.4 is 10.2 Å². The Morgan fingerprint density at radius 2 is 1.92 bits per heavy atom. The fraction of sp³-hybridized carbons (Fsp3) is 0.588. The molecule has 2 rings (SSSR count). The molecule has 1 aromatic carbocycles. The van der Waals surface area contributed by atoms with E-state index in [0.717, 1.165) is 25.6 Å². The highest BCUT2D eigenvalue weighted by molar-refractivity contribution is 7.90. The third kappa shape index (κ3) is 6.19. The predicted octanol–water partition coefficient (Wildman–Crippen LogP) is 1.35. The third-order valence-electron chi connectivity index (χ3n) is 4.04. The van der Waals surface area contributed by atoms with Crippen molar-refractivity contribution in [2.45, 2.75) is 13.3 Å². The Kier molecular flexibility index (Phi) is 7.04. The van der Waals surface area contributed by atoms with Crippen LogP contribution in [0, 0.1) is 5.82 Å². The van der Waals surface area contributed by atoms with Gasteiger partial charge in [-0.25, -0.2) is 12.8 Å². The topological polar surface area (TPSA) is 65.0 Å². The normalized spacial score (nSPS) is 16.2. The van der Waals surface area contributed by atoms with Crippen molar-refractivity contribution in [2.24, 2.45) is 4.99 Å². The maximum atomic E-state index is 13.9. The summed E-state index contributed by atoms with van der Waals surface area (Å²) in [6.45, 7) is 6.14. The Balaban J connectivity index is 1.92. The monoisotopic (exact) mass is 370 g/mol. The third-order valence-corrected chi connectivity index (χ3v) is 5.07. The molecule has 0 aromatic heterocycles. The Hall–Kier alpha value is -1.83. The van der Waals surface area contributed by atoms with E-state index in [1.807, 2.05) is 17.9 Å². The maximum Gasteiger partial charge on any atom is 0.194 e. The van der Waals surface area contributed by atoms with Crippen LogP contribution in [0.25, 0.3) is 0 Å². The minimum atomic E-state index is -2.95. The quantitative estimate of drug-likeness (QED) is 0.465. The molecule has 0 aliphatic carbocycles. The molecule has 1 aliphatic heterocycles. The van der Waals surface area contributed by atoms with Crippen molar-refractivity contribution < 1.29 is 12.8 Å². The average molecular weight is 370 g/mol. The lowest BCUT2D eigenvalue weighted by Gasteiger charge is -2.37. The number of guanidine groups is 1. The molecule has 0 radical (unpaired) electrons. The molecular formula is C17H27FN4O2S. The second kappa shape index (κ2) is 9.03. The molecule has 0 atom stereocenters. The van der Waals surface area contributed by atoms with E-state index in [0.29, 0.717) is 31.7 Å². The maximum absolute atomic E-state index is 13.9. The molecule has 0 unspecified atom stereocenters. The van der Waals surface area contributed by atoms with E-state index < -0.39 is 9.84 Å². The number of anilines is 1. The number of rotatable bonds is 6. The Labute approximate surface area is 149 Å². The number of nitrogens with zero attached hydrogens (tertiary/aromatic N) is 3. The molecule has 0 saturated carbocycles. The zero-order valence-electron chi connectivity index (χ0n) is 14.9. The molecule has 6 nitrogen and oxygen atoms in total. The van der Waals surface area contributed by atoms with E-state index in [2.05, 4.69) is 15.2 Å². The largest absolute Gasteiger partial charge is 0.366 e. The first kappa shape index (κ1) is 19.5. The van der Waals surface area contributed by atoms with Crippen molar-refractivity contribution in [1.82, 2.24) is 10.2 Å². The molecule has 0 amide bonds. The summed E-state index contributed by atoms with van der Waals surface area (Å²) in [5.41, 5.74) is 0.636.